The number of hydrogen-bond acceptors (Lipinski definition) is 7. The molecule has 0 spiro atoms. The van der Waals surface area contributed by atoms with E-state index in [2.05, 4.69) is 9.72 Å². The first-order valence-corrected chi connectivity index (χ1v) is 8.31. The Labute approximate surface area is 148 Å². The average Bonchev–Trinajstić information content (AvgIpc) is 3.29. The minimum atomic E-state index is -0.619. The number of furan rings is 1. The second kappa shape index (κ2) is 7.31. The van der Waals surface area contributed by atoms with Crippen molar-refractivity contribution in [1.29, 1.82) is 0 Å². The van der Waals surface area contributed by atoms with Crippen LogP contribution >= 0.6 is 11.3 Å². The molecule has 7 heteroatoms. The van der Waals surface area contributed by atoms with Gasteiger partial charge in [0.2, 0.25) is 5.76 Å². The minimum absolute atomic E-state index is 0.0222. The van der Waals surface area contributed by atoms with Gasteiger partial charge >= 0.3 is 11.9 Å². The molecule has 0 N–H and O–H groups in total. The smallest absolute Gasteiger partial charge is 0.374 e. The zero-order valence-corrected chi connectivity index (χ0v) is 14.5. The van der Waals surface area contributed by atoms with Crippen LogP contribution in [0.25, 0.3) is 10.6 Å². The molecule has 128 valence electrons. The Morgan fingerprint density at radius 2 is 1.92 bits per heavy atom. The number of thiazole rings is 1. The van der Waals surface area contributed by atoms with Crippen molar-refractivity contribution in [2.75, 3.05) is 7.11 Å². The standard InChI is InChI=1S/C18H15NO5S/c1-11-3-5-12(6-4-11)16-19-14(10-25-16)17(20)24-9-13-7-8-23-15(13)18(21)22-2/h3-8,10H,9H2,1-2H3. The fourth-order valence-corrected chi connectivity index (χ4v) is 2.93. The fourth-order valence-electron chi connectivity index (χ4n) is 2.13. The Balaban J connectivity index is 1.67. The zero-order chi connectivity index (χ0) is 17.8. The summed E-state index contributed by atoms with van der Waals surface area (Å²) in [4.78, 5) is 28.0. The summed E-state index contributed by atoms with van der Waals surface area (Å²) in [5.74, 6) is -1.16. The van der Waals surface area contributed by atoms with E-state index in [4.69, 9.17) is 9.15 Å². The van der Waals surface area contributed by atoms with E-state index in [1.165, 1.54) is 24.7 Å². The Hall–Kier alpha value is -2.93. The number of carbonyl (C=O) groups excluding carboxylic acids is 2. The van der Waals surface area contributed by atoms with Crippen LogP contribution < -0.4 is 0 Å². The van der Waals surface area contributed by atoms with E-state index in [1.807, 2.05) is 31.2 Å². The molecule has 0 aliphatic rings. The van der Waals surface area contributed by atoms with Crippen molar-refractivity contribution in [3.05, 3.63) is 64.6 Å². The zero-order valence-electron chi connectivity index (χ0n) is 13.6. The summed E-state index contributed by atoms with van der Waals surface area (Å²) >= 11 is 1.37. The van der Waals surface area contributed by atoms with Gasteiger partial charge in [-0.05, 0) is 13.0 Å². The summed E-state index contributed by atoms with van der Waals surface area (Å²) < 4.78 is 14.9. The van der Waals surface area contributed by atoms with Crippen LogP contribution in [0.2, 0.25) is 0 Å². The monoisotopic (exact) mass is 357 g/mol. The molecule has 25 heavy (non-hydrogen) atoms. The Morgan fingerprint density at radius 1 is 1.16 bits per heavy atom. The van der Waals surface area contributed by atoms with Gasteiger partial charge in [0.25, 0.3) is 0 Å². The number of benzene rings is 1. The second-order valence-corrected chi connectivity index (χ2v) is 6.10. The number of ether oxygens (including phenoxy) is 2. The third-order valence-corrected chi connectivity index (χ3v) is 4.38. The van der Waals surface area contributed by atoms with Gasteiger partial charge in [0.1, 0.15) is 11.6 Å². The van der Waals surface area contributed by atoms with Crippen molar-refractivity contribution in [2.24, 2.45) is 0 Å². The van der Waals surface area contributed by atoms with E-state index in [-0.39, 0.29) is 18.1 Å². The molecule has 0 aliphatic carbocycles. The van der Waals surface area contributed by atoms with Gasteiger partial charge in [-0.15, -0.1) is 11.3 Å². The first-order chi connectivity index (χ1) is 12.1. The molecule has 0 bridgehead atoms. The van der Waals surface area contributed by atoms with Gasteiger partial charge in [-0.25, -0.2) is 14.6 Å². The van der Waals surface area contributed by atoms with Crippen molar-refractivity contribution in [3.8, 4) is 10.6 Å². The minimum Gasteiger partial charge on any atom is -0.463 e. The molecule has 0 radical (unpaired) electrons. The van der Waals surface area contributed by atoms with Gasteiger partial charge in [0.15, 0.2) is 5.69 Å². The number of esters is 2. The normalized spacial score (nSPS) is 10.5. The van der Waals surface area contributed by atoms with Gasteiger partial charge in [-0.3, -0.25) is 0 Å². The van der Waals surface area contributed by atoms with Gasteiger partial charge in [0, 0.05) is 16.5 Å². The maximum atomic E-state index is 12.2. The lowest BCUT2D eigenvalue weighted by molar-refractivity contribution is 0.0448. The first-order valence-electron chi connectivity index (χ1n) is 7.43. The number of nitrogens with zero attached hydrogens (tertiary/aromatic N) is 1. The number of rotatable bonds is 5. The molecule has 3 aromatic rings. The van der Waals surface area contributed by atoms with E-state index in [9.17, 15) is 9.59 Å². The van der Waals surface area contributed by atoms with Crippen molar-refractivity contribution < 1.29 is 23.5 Å². The molecule has 0 saturated heterocycles. The van der Waals surface area contributed by atoms with Crippen molar-refractivity contribution >= 4 is 23.3 Å². The number of methoxy groups -OCH3 is 1. The molecule has 6 nitrogen and oxygen atoms in total. The molecular formula is C18H15NO5S. The summed E-state index contributed by atoms with van der Waals surface area (Å²) in [5.41, 5.74) is 2.76. The number of hydrogen-bond donors (Lipinski definition) is 0. The third-order valence-electron chi connectivity index (χ3n) is 3.49. The predicted octanol–water partition coefficient (Wildman–Crippen LogP) is 3.86. The lowest BCUT2D eigenvalue weighted by Gasteiger charge is -2.03. The van der Waals surface area contributed by atoms with Gasteiger partial charge in [-0.1, -0.05) is 29.8 Å². The lowest BCUT2D eigenvalue weighted by Crippen LogP contribution is -2.08. The molecule has 0 aliphatic heterocycles. The topological polar surface area (TPSA) is 78.6 Å². The van der Waals surface area contributed by atoms with Crippen LogP contribution in [0, 0.1) is 6.92 Å². The molecule has 0 atom stereocenters. The van der Waals surface area contributed by atoms with E-state index in [0.29, 0.717) is 5.56 Å². The van der Waals surface area contributed by atoms with Crippen molar-refractivity contribution in [3.63, 3.8) is 0 Å². The highest BCUT2D eigenvalue weighted by atomic mass is 32.1. The van der Waals surface area contributed by atoms with Crippen LogP contribution in [0.1, 0.15) is 32.2 Å². The highest BCUT2D eigenvalue weighted by Crippen LogP contribution is 2.24. The highest BCUT2D eigenvalue weighted by Gasteiger charge is 2.19. The summed E-state index contributed by atoms with van der Waals surface area (Å²) in [7, 11) is 1.25. The fraction of sp³-hybridized carbons (Fsp3) is 0.167. The molecule has 0 saturated carbocycles. The van der Waals surface area contributed by atoms with Crippen LogP contribution in [0.5, 0.6) is 0 Å². The van der Waals surface area contributed by atoms with Crippen LogP contribution in [0.15, 0.2) is 46.4 Å². The largest absolute Gasteiger partial charge is 0.463 e. The molecular weight excluding hydrogens is 342 g/mol. The first kappa shape index (κ1) is 16.9. The Kier molecular flexibility index (Phi) is 4.95. The summed E-state index contributed by atoms with van der Waals surface area (Å²) in [6, 6.07) is 9.44. The highest BCUT2D eigenvalue weighted by molar-refractivity contribution is 7.13. The summed E-state index contributed by atoms with van der Waals surface area (Å²) in [6.45, 7) is 1.91. The third kappa shape index (κ3) is 3.77. The summed E-state index contributed by atoms with van der Waals surface area (Å²) in [5, 5.41) is 2.39. The van der Waals surface area contributed by atoms with Gasteiger partial charge < -0.3 is 13.9 Å². The van der Waals surface area contributed by atoms with Crippen LogP contribution in [-0.2, 0) is 16.1 Å². The van der Waals surface area contributed by atoms with Gasteiger partial charge in [0.05, 0.1) is 13.4 Å². The Bertz CT molecular complexity index is 894. The van der Waals surface area contributed by atoms with Crippen molar-refractivity contribution in [1.82, 2.24) is 4.98 Å². The average molecular weight is 357 g/mol. The van der Waals surface area contributed by atoms with Crippen molar-refractivity contribution in [2.45, 2.75) is 13.5 Å². The number of aromatic nitrogens is 1. The lowest BCUT2D eigenvalue weighted by atomic mass is 10.2. The SMILES string of the molecule is COC(=O)c1occc1COC(=O)c1csc(-c2ccc(C)cc2)n1. The molecule has 3 rings (SSSR count). The number of aryl methyl sites for hydroxylation is 1. The summed E-state index contributed by atoms with van der Waals surface area (Å²) in [6.07, 6.45) is 1.34. The maximum absolute atomic E-state index is 12.2. The molecule has 0 unspecified atom stereocenters. The molecule has 1 aromatic carbocycles. The van der Waals surface area contributed by atoms with Crippen LogP contribution in [-0.4, -0.2) is 24.0 Å². The second-order valence-electron chi connectivity index (χ2n) is 5.25. The maximum Gasteiger partial charge on any atom is 0.374 e. The van der Waals surface area contributed by atoms with E-state index >= 15 is 0 Å². The Morgan fingerprint density at radius 3 is 2.64 bits per heavy atom. The number of carbonyl (C=O) groups is 2. The predicted molar refractivity (Wildman–Crippen MR) is 91.5 cm³/mol. The van der Waals surface area contributed by atoms with E-state index < -0.39 is 11.9 Å². The van der Waals surface area contributed by atoms with Crippen LogP contribution in [0.3, 0.4) is 0 Å². The van der Waals surface area contributed by atoms with E-state index in [1.54, 1.807) is 11.4 Å². The molecule has 0 amide bonds. The van der Waals surface area contributed by atoms with Gasteiger partial charge in [-0.2, -0.15) is 0 Å². The quantitative estimate of drug-likeness (QED) is 0.645. The van der Waals surface area contributed by atoms with Crippen LogP contribution in [0.4, 0.5) is 0 Å². The van der Waals surface area contributed by atoms with E-state index in [0.717, 1.165) is 16.1 Å². The molecule has 2 aromatic heterocycles. The molecule has 0 fully saturated rings. The molecule has 2 heterocycles.